The Morgan fingerprint density at radius 2 is 1.44 bits per heavy atom. The summed E-state index contributed by atoms with van der Waals surface area (Å²) in [4.78, 5) is 41.9. The highest BCUT2D eigenvalue weighted by molar-refractivity contribution is 5.92. The molecule has 2 N–H and O–H groups in total. The van der Waals surface area contributed by atoms with Crippen molar-refractivity contribution in [1.82, 2.24) is 15.5 Å². The average Bonchev–Trinajstić information content (AvgIpc) is 2.61. The predicted molar refractivity (Wildman–Crippen MR) is 136 cm³/mol. The first kappa shape index (κ1) is 29.5. The maximum Gasteiger partial charge on any atom is 0.408 e. The molecule has 1 aromatic rings. The molecule has 0 spiro atoms. The van der Waals surface area contributed by atoms with Crippen LogP contribution < -0.4 is 10.6 Å². The number of carbonyl (C=O) groups is 3. The lowest BCUT2D eigenvalue weighted by atomic mass is 9.93. The third-order valence-corrected chi connectivity index (χ3v) is 4.78. The Morgan fingerprint density at radius 3 is 1.85 bits per heavy atom. The molecular weight excluding hydrogens is 430 g/mol. The summed E-state index contributed by atoms with van der Waals surface area (Å²) < 4.78 is 5.42. The fraction of sp³-hybridized carbons (Fsp3) is 0.667. The van der Waals surface area contributed by atoms with Crippen LogP contribution >= 0.6 is 0 Å². The molecule has 0 aliphatic rings. The average molecular weight is 476 g/mol. The number of carbonyl (C=O) groups excluding carboxylic acids is 3. The van der Waals surface area contributed by atoms with Gasteiger partial charge in [-0.25, -0.2) is 4.79 Å². The number of rotatable bonds is 7. The topological polar surface area (TPSA) is 87.7 Å². The van der Waals surface area contributed by atoms with Crippen LogP contribution in [0, 0.1) is 5.92 Å². The van der Waals surface area contributed by atoms with E-state index in [1.165, 1.54) is 0 Å². The normalized spacial score (nSPS) is 14.2. The molecule has 192 valence electrons. The van der Waals surface area contributed by atoms with Gasteiger partial charge >= 0.3 is 6.09 Å². The molecular formula is C27H45N3O4. The summed E-state index contributed by atoms with van der Waals surface area (Å²) in [6, 6.07) is 7.54. The van der Waals surface area contributed by atoms with Gasteiger partial charge < -0.3 is 20.3 Å². The molecule has 3 amide bonds. The summed E-state index contributed by atoms with van der Waals surface area (Å²) >= 11 is 0. The van der Waals surface area contributed by atoms with Crippen LogP contribution in [0.4, 0.5) is 4.79 Å². The van der Waals surface area contributed by atoms with Crippen LogP contribution in [0.1, 0.15) is 94.2 Å². The standard InChI is InChI=1S/C27H45N3O4/c1-18(2)17-20(28-24(33)34-27(9,10)11)23(32)30(26(6,7)8)21(19-15-13-12-14-16-19)22(31)29-25(3,4)5/h12-16,18,20-21H,17H2,1-11H3,(H,28,33)(H,29,31). The molecule has 0 heterocycles. The molecule has 0 radical (unpaired) electrons. The molecule has 0 bridgehead atoms. The summed E-state index contributed by atoms with van der Waals surface area (Å²) in [5, 5.41) is 5.80. The predicted octanol–water partition coefficient (Wildman–Crippen LogP) is 5.21. The minimum absolute atomic E-state index is 0.129. The van der Waals surface area contributed by atoms with Crippen LogP contribution in [0.3, 0.4) is 0 Å². The van der Waals surface area contributed by atoms with Crippen molar-refractivity contribution in [2.45, 2.75) is 111 Å². The third kappa shape index (κ3) is 9.74. The second-order valence-corrected chi connectivity index (χ2v) is 12.3. The molecule has 7 heteroatoms. The van der Waals surface area contributed by atoms with Crippen molar-refractivity contribution in [3.05, 3.63) is 35.9 Å². The molecule has 2 unspecified atom stereocenters. The number of ether oxygens (including phenoxy) is 1. The lowest BCUT2D eigenvalue weighted by Gasteiger charge is -2.44. The molecule has 1 aromatic carbocycles. The zero-order valence-corrected chi connectivity index (χ0v) is 22.9. The number of benzene rings is 1. The van der Waals surface area contributed by atoms with Gasteiger partial charge in [0.1, 0.15) is 17.7 Å². The van der Waals surface area contributed by atoms with E-state index in [-0.39, 0.29) is 17.7 Å². The molecule has 0 saturated heterocycles. The second kappa shape index (κ2) is 11.2. The van der Waals surface area contributed by atoms with Crippen molar-refractivity contribution in [3.8, 4) is 0 Å². The highest BCUT2D eigenvalue weighted by atomic mass is 16.6. The summed E-state index contributed by atoms with van der Waals surface area (Å²) in [5.74, 6) is -0.475. The number of nitrogens with zero attached hydrogens (tertiary/aromatic N) is 1. The highest BCUT2D eigenvalue weighted by Gasteiger charge is 2.42. The molecule has 0 saturated carbocycles. The molecule has 0 aliphatic carbocycles. The highest BCUT2D eigenvalue weighted by Crippen LogP contribution is 2.31. The van der Waals surface area contributed by atoms with Crippen LogP contribution in [-0.2, 0) is 14.3 Å². The SMILES string of the molecule is CC(C)CC(NC(=O)OC(C)(C)C)C(=O)N(C(C(=O)NC(C)(C)C)c1ccccc1)C(C)(C)C. The summed E-state index contributed by atoms with van der Waals surface area (Å²) in [6.07, 6.45) is -0.247. The maximum atomic E-state index is 14.1. The fourth-order valence-electron chi connectivity index (χ4n) is 3.65. The van der Waals surface area contributed by atoms with Crippen LogP contribution in [0.15, 0.2) is 30.3 Å². The van der Waals surface area contributed by atoms with E-state index in [1.54, 1.807) is 25.7 Å². The van der Waals surface area contributed by atoms with Gasteiger partial charge in [0.05, 0.1) is 0 Å². The number of amides is 3. The van der Waals surface area contributed by atoms with Crippen molar-refractivity contribution in [2.75, 3.05) is 0 Å². The molecule has 2 atom stereocenters. The van der Waals surface area contributed by atoms with Crippen molar-refractivity contribution in [3.63, 3.8) is 0 Å². The van der Waals surface area contributed by atoms with Gasteiger partial charge in [0.15, 0.2) is 0 Å². The van der Waals surface area contributed by atoms with Crippen LogP contribution in [0.25, 0.3) is 0 Å². The Kier molecular flexibility index (Phi) is 9.74. The number of hydrogen-bond donors (Lipinski definition) is 2. The van der Waals surface area contributed by atoms with Gasteiger partial charge in [-0.15, -0.1) is 0 Å². The van der Waals surface area contributed by atoms with E-state index in [9.17, 15) is 14.4 Å². The van der Waals surface area contributed by atoms with E-state index in [2.05, 4.69) is 10.6 Å². The minimum atomic E-state index is -0.872. The van der Waals surface area contributed by atoms with Crippen LogP contribution in [-0.4, -0.2) is 45.5 Å². The zero-order chi connectivity index (χ0) is 26.5. The summed E-state index contributed by atoms with van der Waals surface area (Å²) in [7, 11) is 0. The van der Waals surface area contributed by atoms with Gasteiger partial charge in [0.25, 0.3) is 0 Å². The lowest BCUT2D eigenvalue weighted by molar-refractivity contribution is -0.149. The molecule has 0 aromatic heterocycles. The lowest BCUT2D eigenvalue weighted by Crippen LogP contribution is -2.59. The number of alkyl carbamates (subject to hydrolysis) is 1. The first-order valence-corrected chi connectivity index (χ1v) is 12.0. The zero-order valence-electron chi connectivity index (χ0n) is 22.9. The van der Waals surface area contributed by atoms with Crippen LogP contribution in [0.2, 0.25) is 0 Å². The van der Waals surface area contributed by atoms with Crippen molar-refractivity contribution in [1.29, 1.82) is 0 Å². The second-order valence-electron chi connectivity index (χ2n) is 12.3. The number of nitrogens with one attached hydrogen (secondary N) is 2. The maximum absolute atomic E-state index is 14.1. The molecule has 7 nitrogen and oxygen atoms in total. The van der Waals surface area contributed by atoms with Crippen LogP contribution in [0.5, 0.6) is 0 Å². The van der Waals surface area contributed by atoms with Gasteiger partial charge in [0, 0.05) is 11.1 Å². The van der Waals surface area contributed by atoms with E-state index < -0.39 is 34.9 Å². The fourth-order valence-corrected chi connectivity index (χ4v) is 3.65. The Bertz CT molecular complexity index is 830. The molecule has 0 aliphatic heterocycles. The number of hydrogen-bond acceptors (Lipinski definition) is 4. The Morgan fingerprint density at radius 1 is 0.912 bits per heavy atom. The van der Waals surface area contributed by atoms with E-state index in [0.717, 1.165) is 0 Å². The Labute approximate surface area is 206 Å². The molecule has 1 rings (SSSR count). The molecule has 0 fully saturated rings. The Balaban J connectivity index is 3.53. The van der Waals surface area contributed by atoms with E-state index >= 15 is 0 Å². The van der Waals surface area contributed by atoms with Crippen molar-refractivity contribution >= 4 is 17.9 Å². The van der Waals surface area contributed by atoms with Gasteiger partial charge in [-0.3, -0.25) is 9.59 Å². The minimum Gasteiger partial charge on any atom is -0.444 e. The van der Waals surface area contributed by atoms with Gasteiger partial charge in [-0.1, -0.05) is 44.2 Å². The van der Waals surface area contributed by atoms with Gasteiger partial charge in [-0.05, 0) is 80.2 Å². The third-order valence-electron chi connectivity index (χ3n) is 4.78. The summed E-state index contributed by atoms with van der Waals surface area (Å²) in [6.45, 7) is 20.7. The van der Waals surface area contributed by atoms with Gasteiger partial charge in [0.2, 0.25) is 11.8 Å². The first-order valence-electron chi connectivity index (χ1n) is 12.0. The largest absolute Gasteiger partial charge is 0.444 e. The smallest absolute Gasteiger partial charge is 0.408 e. The summed E-state index contributed by atoms with van der Waals surface area (Å²) in [5.41, 5.74) is -1.19. The van der Waals surface area contributed by atoms with Crippen molar-refractivity contribution in [2.24, 2.45) is 5.92 Å². The van der Waals surface area contributed by atoms with E-state index in [1.807, 2.05) is 85.7 Å². The van der Waals surface area contributed by atoms with E-state index in [0.29, 0.717) is 12.0 Å². The first-order chi connectivity index (χ1) is 15.3. The van der Waals surface area contributed by atoms with Crippen molar-refractivity contribution < 1.29 is 19.1 Å². The quantitative estimate of drug-likeness (QED) is 0.567. The van der Waals surface area contributed by atoms with Gasteiger partial charge in [-0.2, -0.15) is 0 Å². The van der Waals surface area contributed by atoms with E-state index in [4.69, 9.17) is 4.74 Å². The Hall–Kier alpha value is -2.57. The molecule has 34 heavy (non-hydrogen) atoms. The monoisotopic (exact) mass is 475 g/mol.